The van der Waals surface area contributed by atoms with Crippen LogP contribution in [0.2, 0.25) is 0 Å². The molecule has 0 radical (unpaired) electrons. The molecule has 130 valence electrons. The molecule has 1 atom stereocenters. The van der Waals surface area contributed by atoms with E-state index in [4.69, 9.17) is 4.98 Å². The van der Waals surface area contributed by atoms with Crippen LogP contribution < -0.4 is 10.2 Å². The van der Waals surface area contributed by atoms with Crippen molar-refractivity contribution < 1.29 is 4.79 Å². The van der Waals surface area contributed by atoms with Crippen LogP contribution in [0.4, 0.5) is 5.13 Å². The number of thiazole rings is 1. The first-order chi connectivity index (χ1) is 11.5. The molecule has 24 heavy (non-hydrogen) atoms. The van der Waals surface area contributed by atoms with Gasteiger partial charge in [0.2, 0.25) is 5.91 Å². The molecule has 1 aliphatic rings. The predicted molar refractivity (Wildman–Crippen MR) is 101 cm³/mol. The second kappa shape index (κ2) is 7.07. The number of anilines is 1. The first-order valence-electron chi connectivity index (χ1n) is 8.61. The molecule has 1 amide bonds. The van der Waals surface area contributed by atoms with Gasteiger partial charge in [0.05, 0.1) is 16.3 Å². The number of benzene rings is 1. The summed E-state index contributed by atoms with van der Waals surface area (Å²) >= 11 is 1.76. The fourth-order valence-corrected chi connectivity index (χ4v) is 4.18. The Morgan fingerprint density at radius 1 is 1.21 bits per heavy atom. The number of hydrogen-bond acceptors (Lipinski definition) is 5. The lowest BCUT2D eigenvalue weighted by atomic mass is 10.2. The van der Waals surface area contributed by atoms with Crippen LogP contribution >= 0.6 is 11.3 Å². The first-order valence-corrected chi connectivity index (χ1v) is 9.43. The van der Waals surface area contributed by atoms with E-state index in [0.29, 0.717) is 0 Å². The highest BCUT2D eigenvalue weighted by Crippen LogP contribution is 2.31. The molecule has 0 saturated carbocycles. The van der Waals surface area contributed by atoms with Gasteiger partial charge in [0.15, 0.2) is 5.13 Å². The van der Waals surface area contributed by atoms with Gasteiger partial charge in [0, 0.05) is 32.2 Å². The van der Waals surface area contributed by atoms with Gasteiger partial charge in [-0.15, -0.1) is 0 Å². The topological polar surface area (TPSA) is 48.5 Å². The van der Waals surface area contributed by atoms with Gasteiger partial charge in [-0.05, 0) is 39.3 Å². The van der Waals surface area contributed by atoms with E-state index in [1.165, 1.54) is 10.3 Å². The molecule has 1 aromatic carbocycles. The van der Waals surface area contributed by atoms with Crippen molar-refractivity contribution in [2.24, 2.45) is 0 Å². The van der Waals surface area contributed by atoms with Gasteiger partial charge in [-0.1, -0.05) is 23.5 Å². The van der Waals surface area contributed by atoms with Crippen LogP contribution in [-0.2, 0) is 4.79 Å². The number of nitrogens with one attached hydrogen (secondary N) is 1. The molecule has 1 fully saturated rings. The van der Waals surface area contributed by atoms with E-state index in [9.17, 15) is 4.79 Å². The highest BCUT2D eigenvalue weighted by molar-refractivity contribution is 7.22. The number of fused-ring (bicyclic) bond motifs is 1. The van der Waals surface area contributed by atoms with Crippen molar-refractivity contribution in [3.05, 3.63) is 23.8 Å². The Morgan fingerprint density at radius 3 is 2.54 bits per heavy atom. The average molecular weight is 347 g/mol. The Hall–Kier alpha value is -1.66. The Bertz CT molecular complexity index is 719. The second-order valence-electron chi connectivity index (χ2n) is 6.78. The molecule has 5 nitrogen and oxygen atoms in total. The number of hydrogen-bond donors (Lipinski definition) is 1. The van der Waals surface area contributed by atoms with E-state index in [2.05, 4.69) is 40.2 Å². The molecule has 0 spiro atoms. The zero-order valence-corrected chi connectivity index (χ0v) is 15.7. The van der Waals surface area contributed by atoms with Gasteiger partial charge < -0.3 is 10.2 Å². The number of aromatic nitrogens is 1. The molecule has 3 rings (SSSR count). The summed E-state index contributed by atoms with van der Waals surface area (Å²) in [5.74, 6) is 0.120. The maximum Gasteiger partial charge on any atom is 0.237 e. The molecule has 1 unspecified atom stereocenters. The van der Waals surface area contributed by atoms with Crippen LogP contribution in [0, 0.1) is 6.92 Å². The maximum atomic E-state index is 12.2. The van der Waals surface area contributed by atoms with E-state index in [1.54, 1.807) is 11.3 Å². The van der Waals surface area contributed by atoms with Gasteiger partial charge in [-0.3, -0.25) is 9.69 Å². The van der Waals surface area contributed by atoms with E-state index in [-0.39, 0.29) is 18.0 Å². The quantitative estimate of drug-likeness (QED) is 0.925. The van der Waals surface area contributed by atoms with Gasteiger partial charge in [-0.2, -0.15) is 0 Å². The number of carbonyl (C=O) groups is 1. The molecule has 2 heterocycles. The molecule has 6 heteroatoms. The van der Waals surface area contributed by atoms with Gasteiger partial charge in [0.25, 0.3) is 0 Å². The van der Waals surface area contributed by atoms with Crippen molar-refractivity contribution in [1.82, 2.24) is 15.2 Å². The Labute approximate surface area is 147 Å². The molecular weight excluding hydrogens is 320 g/mol. The van der Waals surface area contributed by atoms with E-state index < -0.39 is 0 Å². The molecule has 2 aromatic rings. The lowest BCUT2D eigenvalue weighted by Crippen LogP contribution is -2.54. The Balaban J connectivity index is 1.64. The van der Waals surface area contributed by atoms with Crippen LogP contribution in [-0.4, -0.2) is 54.1 Å². The zero-order valence-electron chi connectivity index (χ0n) is 14.9. The Morgan fingerprint density at radius 2 is 1.92 bits per heavy atom. The molecule has 1 aromatic heterocycles. The van der Waals surface area contributed by atoms with Gasteiger partial charge in [-0.25, -0.2) is 4.98 Å². The SMILES string of the molecule is Cc1cccc2sc(N3CCN(C(C)C(=O)NC(C)C)CC3)nc12. The third kappa shape index (κ3) is 3.54. The number of para-hydroxylation sites is 1. The third-order valence-electron chi connectivity index (χ3n) is 4.55. The molecule has 1 saturated heterocycles. The molecule has 1 aliphatic heterocycles. The van der Waals surface area contributed by atoms with Crippen molar-refractivity contribution in [3.63, 3.8) is 0 Å². The summed E-state index contributed by atoms with van der Waals surface area (Å²) in [6.45, 7) is 11.7. The Kier molecular flexibility index (Phi) is 5.06. The van der Waals surface area contributed by atoms with Crippen LogP contribution in [0.5, 0.6) is 0 Å². The van der Waals surface area contributed by atoms with E-state index in [0.717, 1.165) is 36.8 Å². The first kappa shape index (κ1) is 17.2. The monoisotopic (exact) mass is 346 g/mol. The van der Waals surface area contributed by atoms with Crippen LogP contribution in [0.1, 0.15) is 26.3 Å². The standard InChI is InChI=1S/C18H26N4OS/c1-12(2)19-17(23)14(4)21-8-10-22(11-9-21)18-20-16-13(3)6-5-7-15(16)24-18/h5-7,12,14H,8-11H2,1-4H3,(H,19,23). The highest BCUT2D eigenvalue weighted by atomic mass is 32.1. The lowest BCUT2D eigenvalue weighted by Gasteiger charge is -2.37. The molecule has 1 N–H and O–H groups in total. The number of rotatable bonds is 4. The van der Waals surface area contributed by atoms with Gasteiger partial charge >= 0.3 is 0 Å². The van der Waals surface area contributed by atoms with Crippen molar-refractivity contribution >= 4 is 32.6 Å². The number of amides is 1. The summed E-state index contributed by atoms with van der Waals surface area (Å²) in [5, 5.41) is 4.10. The normalized spacial score (nSPS) is 17.5. The van der Waals surface area contributed by atoms with Crippen molar-refractivity contribution in [1.29, 1.82) is 0 Å². The lowest BCUT2D eigenvalue weighted by molar-refractivity contribution is -0.126. The summed E-state index contributed by atoms with van der Waals surface area (Å²) in [4.78, 5) is 21.6. The maximum absolute atomic E-state index is 12.2. The highest BCUT2D eigenvalue weighted by Gasteiger charge is 2.27. The van der Waals surface area contributed by atoms with Gasteiger partial charge in [0.1, 0.15) is 0 Å². The molecular formula is C18H26N4OS. The van der Waals surface area contributed by atoms with Crippen LogP contribution in [0.3, 0.4) is 0 Å². The second-order valence-corrected chi connectivity index (χ2v) is 7.79. The third-order valence-corrected chi connectivity index (χ3v) is 5.63. The van der Waals surface area contributed by atoms with E-state index >= 15 is 0 Å². The van der Waals surface area contributed by atoms with Crippen molar-refractivity contribution in [2.45, 2.75) is 39.8 Å². The van der Waals surface area contributed by atoms with Crippen LogP contribution in [0.25, 0.3) is 10.2 Å². The molecule has 0 aliphatic carbocycles. The summed E-state index contributed by atoms with van der Waals surface area (Å²) in [5.41, 5.74) is 2.34. The van der Waals surface area contributed by atoms with Crippen LogP contribution in [0.15, 0.2) is 18.2 Å². The van der Waals surface area contributed by atoms with Crippen molar-refractivity contribution in [2.75, 3.05) is 31.1 Å². The van der Waals surface area contributed by atoms with Crippen molar-refractivity contribution in [3.8, 4) is 0 Å². The smallest absolute Gasteiger partial charge is 0.237 e. The number of piperazine rings is 1. The largest absolute Gasteiger partial charge is 0.353 e. The van der Waals surface area contributed by atoms with E-state index in [1.807, 2.05) is 20.8 Å². The summed E-state index contributed by atoms with van der Waals surface area (Å²) in [7, 11) is 0. The summed E-state index contributed by atoms with van der Waals surface area (Å²) in [6, 6.07) is 6.45. The number of nitrogens with zero attached hydrogens (tertiary/aromatic N) is 3. The minimum Gasteiger partial charge on any atom is -0.353 e. The predicted octanol–water partition coefficient (Wildman–Crippen LogP) is 2.64. The fraction of sp³-hybridized carbons (Fsp3) is 0.556. The minimum absolute atomic E-state index is 0.0767. The zero-order chi connectivity index (χ0) is 17.3. The average Bonchev–Trinajstić information content (AvgIpc) is 2.99. The summed E-state index contributed by atoms with van der Waals surface area (Å²) in [6.07, 6.45) is 0. The fourth-order valence-electron chi connectivity index (χ4n) is 3.08. The summed E-state index contributed by atoms with van der Waals surface area (Å²) < 4.78 is 1.25. The number of carbonyl (C=O) groups excluding carboxylic acids is 1. The number of aryl methyl sites for hydroxylation is 1. The minimum atomic E-state index is -0.0767. The molecule has 0 bridgehead atoms.